The van der Waals surface area contributed by atoms with E-state index >= 15 is 0 Å². The molecular weight excluding hydrogens is 1050 g/mol. The fourth-order valence-corrected chi connectivity index (χ4v) is 10.6. The van der Waals surface area contributed by atoms with Crippen molar-refractivity contribution in [3.63, 3.8) is 0 Å². The van der Waals surface area contributed by atoms with Gasteiger partial charge in [0, 0.05) is 33.7 Å². The summed E-state index contributed by atoms with van der Waals surface area (Å²) in [5, 5.41) is 0. The molecule has 9 aromatic rings. The smallest absolute Gasteiger partial charge is 0.304 e. The molecule has 0 aliphatic heterocycles. The van der Waals surface area contributed by atoms with Crippen LogP contribution >= 0.6 is 0 Å². The van der Waals surface area contributed by atoms with Gasteiger partial charge in [-0.05, 0) is 128 Å². The molecule has 0 saturated heterocycles. The van der Waals surface area contributed by atoms with E-state index < -0.39 is 55.0 Å². The Morgan fingerprint density at radius 3 is 1.76 bits per heavy atom. The number of rotatable bonds is 13. The van der Waals surface area contributed by atoms with Gasteiger partial charge in [0.25, 0.3) is 0 Å². The number of aromatic nitrogens is 3. The average Bonchev–Trinajstić information content (AvgIpc) is 2.28. The van der Waals surface area contributed by atoms with Crippen molar-refractivity contribution in [3.8, 4) is 56.0 Å². The summed E-state index contributed by atoms with van der Waals surface area (Å²) < 4.78 is 104. The third-order valence-electron chi connectivity index (χ3n) is 14.4. The molecule has 0 amide bonds. The normalized spacial score (nSPS) is 17.8. The molecule has 358 valence electrons. The first-order valence-electron chi connectivity index (χ1n) is 29.9. The Bertz CT molecular complexity index is 3800. The maximum atomic E-state index is 10.2. The third kappa shape index (κ3) is 9.48. The van der Waals surface area contributed by atoms with Crippen LogP contribution in [0.2, 0.25) is 0 Å². The summed E-state index contributed by atoms with van der Waals surface area (Å²) >= 11 is 0. The van der Waals surface area contributed by atoms with E-state index in [0.717, 1.165) is 55.9 Å². The van der Waals surface area contributed by atoms with Gasteiger partial charge < -0.3 is 15.0 Å². The van der Waals surface area contributed by atoms with Gasteiger partial charge in [0.15, 0.2) is 0 Å². The summed E-state index contributed by atoms with van der Waals surface area (Å²) in [6.45, 7) is 9.78. The summed E-state index contributed by atoms with van der Waals surface area (Å²) in [7, 11) is 0. The van der Waals surface area contributed by atoms with Crippen LogP contribution in [0.3, 0.4) is 0 Å². The Kier molecular flexibility index (Phi) is 10.2. The van der Waals surface area contributed by atoms with Crippen LogP contribution in [-0.2, 0) is 74.7 Å². The molecule has 0 atom stereocenters. The SMILES string of the molecule is [2H]C([2H])([2H])c1ccccc1-c1cc(-c2[c-]c3c(c4c2C([2H])([2H])CC4([2H])[2H])-c2ccccc2C3(C)C)ncc1C([2H])([2H])C([2H])([2H])c1cc(CC(C)(C)c2ccc(-c3[c-]cccc3)nc2)cc(CC(C)(C)c2ccc(-c3[c-]cccc3)nc2)c1.[Ir+3]. The number of benzene rings is 6. The number of nitrogens with zero attached hydrogens (tertiary/aromatic N) is 3. The molecule has 4 heteroatoms. The molecule has 0 spiro atoms. The molecule has 0 saturated carbocycles. The van der Waals surface area contributed by atoms with Crippen LogP contribution in [0.1, 0.15) is 124 Å². The minimum Gasteiger partial charge on any atom is -0.304 e. The van der Waals surface area contributed by atoms with E-state index in [0.29, 0.717) is 24.0 Å². The van der Waals surface area contributed by atoms with Gasteiger partial charge in [-0.3, -0.25) is 0 Å². The largest absolute Gasteiger partial charge is 3.00 e. The van der Waals surface area contributed by atoms with E-state index in [2.05, 4.69) is 52.0 Å². The fraction of sp³-hybridized carbons (Fsp3) is 0.250. The average molecular weight is 1120 g/mol. The zero-order valence-electron chi connectivity index (χ0n) is 52.4. The third-order valence-corrected chi connectivity index (χ3v) is 14.4. The van der Waals surface area contributed by atoms with Crippen LogP contribution in [0.15, 0.2) is 164 Å². The van der Waals surface area contributed by atoms with Crippen LogP contribution < -0.4 is 0 Å². The molecule has 3 aromatic heterocycles. The Hall–Kier alpha value is -6.58. The van der Waals surface area contributed by atoms with Crippen molar-refractivity contribution < 1.29 is 35.2 Å². The number of fused-ring (bicyclic) bond motifs is 5. The molecule has 11 rings (SSSR count). The maximum Gasteiger partial charge on any atom is 3.00 e. The number of pyridine rings is 3. The van der Waals surface area contributed by atoms with Crippen molar-refractivity contribution in [2.45, 2.75) is 109 Å². The number of hydrogen-bond donors (Lipinski definition) is 0. The second kappa shape index (κ2) is 19.8. The topological polar surface area (TPSA) is 38.7 Å². The molecule has 0 bridgehead atoms. The Balaban J connectivity index is 0.00000769. The van der Waals surface area contributed by atoms with Gasteiger partial charge in [-0.2, -0.15) is 0 Å². The molecule has 3 nitrogen and oxygen atoms in total. The standard InChI is InChI=1S/C68H62N3.Ir/c1-45-19-14-15-24-54(45)58-39-64(59-38-61-65(56-27-18-26-55(56)59)57-25-16-17-28-60(57)68(61,6)7)69-42-51(58)30-29-46-35-47(40-66(2,3)52-31-33-62(70-43-52)49-20-10-8-11-21-49)37-48(36-46)41-67(4,5)53-32-34-63(71-44-53)50-22-12-9-13-23-50;/h8-17,19-20,22,24-25,28,31-37,39,42-44H,18,26-27,29-30,40-41H2,1-7H3;/q-3;+3/i1D3,26D2,27D2,29D2,30D2;. The quantitative estimate of drug-likeness (QED) is 0.108. The summed E-state index contributed by atoms with van der Waals surface area (Å²) in [5.74, 6) is 0. The molecule has 2 aliphatic carbocycles. The van der Waals surface area contributed by atoms with E-state index in [1.54, 1.807) is 30.3 Å². The molecule has 0 N–H and O–H groups in total. The van der Waals surface area contributed by atoms with Crippen LogP contribution in [0, 0.1) is 25.1 Å². The zero-order chi connectivity index (χ0) is 58.6. The summed E-state index contributed by atoms with van der Waals surface area (Å²) in [5.41, 5.74) is 8.47. The second-order valence-corrected chi connectivity index (χ2v) is 20.7. The minimum absolute atomic E-state index is 0. The monoisotopic (exact) mass is 1120 g/mol. The Labute approximate surface area is 457 Å². The van der Waals surface area contributed by atoms with Gasteiger partial charge in [0.1, 0.15) is 0 Å². The predicted octanol–water partition coefficient (Wildman–Crippen LogP) is 15.9. The molecule has 0 fully saturated rings. The molecule has 3 heterocycles. The van der Waals surface area contributed by atoms with E-state index in [4.69, 9.17) is 19.1 Å². The molecular formula is C68H62IrN3. The van der Waals surface area contributed by atoms with E-state index in [1.807, 2.05) is 123 Å². The molecule has 2 aliphatic rings. The summed E-state index contributed by atoms with van der Waals surface area (Å²) in [4.78, 5) is 14.5. The fourth-order valence-electron chi connectivity index (χ4n) is 10.6. The number of aryl methyl sites for hydroxylation is 3. The van der Waals surface area contributed by atoms with Crippen molar-refractivity contribution in [1.82, 2.24) is 15.0 Å². The molecule has 0 radical (unpaired) electrons. The van der Waals surface area contributed by atoms with Gasteiger partial charge in [0.05, 0.1) is 0 Å². The van der Waals surface area contributed by atoms with E-state index in [1.165, 1.54) is 18.3 Å². The summed E-state index contributed by atoms with van der Waals surface area (Å²) in [6.07, 6.45) is -4.67. The van der Waals surface area contributed by atoms with E-state index in [-0.39, 0.29) is 70.3 Å². The molecule has 6 aromatic carbocycles. The van der Waals surface area contributed by atoms with Crippen molar-refractivity contribution in [3.05, 3.63) is 244 Å². The van der Waals surface area contributed by atoms with Crippen LogP contribution in [-0.4, -0.2) is 15.0 Å². The van der Waals surface area contributed by atoms with Gasteiger partial charge in [-0.1, -0.05) is 163 Å². The molecule has 0 unspecified atom stereocenters. The second-order valence-electron chi connectivity index (χ2n) is 20.7. The van der Waals surface area contributed by atoms with Crippen LogP contribution in [0.5, 0.6) is 0 Å². The van der Waals surface area contributed by atoms with Crippen molar-refractivity contribution in [2.24, 2.45) is 0 Å². The van der Waals surface area contributed by atoms with Crippen molar-refractivity contribution in [1.29, 1.82) is 0 Å². The minimum atomic E-state index is -2.92. The first-order chi connectivity index (χ1) is 38.5. The van der Waals surface area contributed by atoms with E-state index in [9.17, 15) is 11.0 Å². The first kappa shape index (κ1) is 37.2. The summed E-state index contributed by atoms with van der Waals surface area (Å²) in [6, 6.07) is 54.5. The van der Waals surface area contributed by atoms with Crippen LogP contribution in [0.25, 0.3) is 56.0 Å². The Morgan fingerprint density at radius 1 is 0.597 bits per heavy atom. The van der Waals surface area contributed by atoms with Gasteiger partial charge in [0.2, 0.25) is 0 Å². The van der Waals surface area contributed by atoms with Crippen molar-refractivity contribution >= 4 is 0 Å². The molecule has 72 heavy (non-hydrogen) atoms. The van der Waals surface area contributed by atoms with Gasteiger partial charge in [-0.15, -0.1) is 100 Å². The Morgan fingerprint density at radius 2 is 1.17 bits per heavy atom. The predicted molar refractivity (Wildman–Crippen MR) is 293 cm³/mol. The van der Waals surface area contributed by atoms with Gasteiger partial charge in [-0.25, -0.2) is 0 Å². The first-order valence-corrected chi connectivity index (χ1v) is 24.4. The zero-order valence-corrected chi connectivity index (χ0v) is 43.8. The number of hydrogen-bond acceptors (Lipinski definition) is 3. The maximum absolute atomic E-state index is 10.2. The van der Waals surface area contributed by atoms with Gasteiger partial charge >= 0.3 is 20.1 Å². The van der Waals surface area contributed by atoms with Crippen LogP contribution in [0.4, 0.5) is 0 Å². The van der Waals surface area contributed by atoms with Crippen molar-refractivity contribution in [2.75, 3.05) is 0 Å².